The van der Waals surface area contributed by atoms with Crippen LogP contribution >= 0.6 is 0 Å². The van der Waals surface area contributed by atoms with Gasteiger partial charge >= 0.3 is 0 Å². The molecule has 3 rings (SSSR count). The molecule has 2 aromatic rings. The Bertz CT molecular complexity index is 619. The molecule has 1 aliphatic carbocycles. The highest BCUT2D eigenvalue weighted by atomic mass is 16.5. The van der Waals surface area contributed by atoms with E-state index in [4.69, 9.17) is 15.2 Å². The third-order valence-electron chi connectivity index (χ3n) is 4.47. The van der Waals surface area contributed by atoms with Crippen LogP contribution in [0.25, 0.3) is 0 Å². The van der Waals surface area contributed by atoms with Gasteiger partial charge in [-0.2, -0.15) is 0 Å². The van der Waals surface area contributed by atoms with Crippen molar-refractivity contribution in [1.82, 2.24) is 0 Å². The van der Waals surface area contributed by atoms with Crippen LogP contribution in [0.3, 0.4) is 0 Å². The van der Waals surface area contributed by atoms with Gasteiger partial charge in [0, 0.05) is 5.54 Å². The number of benzene rings is 2. The summed E-state index contributed by atoms with van der Waals surface area (Å²) in [5.41, 5.74) is 8.62. The molecule has 3 nitrogen and oxygen atoms in total. The quantitative estimate of drug-likeness (QED) is 0.907. The lowest BCUT2D eigenvalue weighted by molar-refractivity contribution is 0.283. The van der Waals surface area contributed by atoms with E-state index in [1.807, 2.05) is 30.3 Å². The smallest absolute Gasteiger partial charge is 0.162 e. The molecule has 0 aromatic heterocycles. The predicted octanol–water partition coefficient (Wildman–Crippen LogP) is 4.00. The second-order valence-electron chi connectivity index (χ2n) is 6.00. The standard InChI is InChI=1S/C19H23NO2/c1-21-17-10-9-16(19(20)11-5-6-12-19)13-18(17)22-14-15-7-3-2-4-8-15/h2-4,7-10,13H,5-6,11-12,14,20H2,1H3. The van der Waals surface area contributed by atoms with Gasteiger partial charge in [0.05, 0.1) is 7.11 Å². The van der Waals surface area contributed by atoms with Crippen molar-refractivity contribution in [1.29, 1.82) is 0 Å². The Morgan fingerprint density at radius 2 is 1.73 bits per heavy atom. The molecule has 0 bridgehead atoms. The maximum absolute atomic E-state index is 6.55. The van der Waals surface area contributed by atoms with E-state index < -0.39 is 0 Å². The Hall–Kier alpha value is -2.00. The first-order valence-corrected chi connectivity index (χ1v) is 7.85. The largest absolute Gasteiger partial charge is 0.493 e. The van der Waals surface area contributed by atoms with E-state index in [2.05, 4.69) is 18.2 Å². The molecule has 22 heavy (non-hydrogen) atoms. The number of ether oxygens (including phenoxy) is 2. The molecule has 2 aromatic carbocycles. The van der Waals surface area contributed by atoms with E-state index in [0.717, 1.165) is 35.5 Å². The zero-order valence-electron chi connectivity index (χ0n) is 13.0. The number of hydrogen-bond acceptors (Lipinski definition) is 3. The third-order valence-corrected chi connectivity index (χ3v) is 4.47. The lowest BCUT2D eigenvalue weighted by atomic mass is 9.89. The summed E-state index contributed by atoms with van der Waals surface area (Å²) in [5.74, 6) is 1.52. The fourth-order valence-electron chi connectivity index (χ4n) is 3.13. The Balaban J connectivity index is 1.82. The summed E-state index contributed by atoms with van der Waals surface area (Å²) in [5, 5.41) is 0. The maximum atomic E-state index is 6.55. The highest BCUT2D eigenvalue weighted by Gasteiger charge is 2.31. The zero-order valence-corrected chi connectivity index (χ0v) is 13.0. The molecule has 1 saturated carbocycles. The number of nitrogens with two attached hydrogens (primary N) is 1. The van der Waals surface area contributed by atoms with Gasteiger partial charge in [-0.15, -0.1) is 0 Å². The molecule has 1 fully saturated rings. The Morgan fingerprint density at radius 1 is 1.00 bits per heavy atom. The minimum absolute atomic E-state index is 0.211. The van der Waals surface area contributed by atoms with Gasteiger partial charge in [0.2, 0.25) is 0 Å². The zero-order chi connectivity index (χ0) is 15.4. The summed E-state index contributed by atoms with van der Waals surface area (Å²) in [7, 11) is 1.66. The monoisotopic (exact) mass is 297 g/mol. The number of rotatable bonds is 5. The van der Waals surface area contributed by atoms with Crippen LogP contribution in [-0.2, 0) is 12.1 Å². The van der Waals surface area contributed by atoms with Crippen molar-refractivity contribution in [3.05, 3.63) is 59.7 Å². The van der Waals surface area contributed by atoms with Crippen molar-refractivity contribution in [2.75, 3.05) is 7.11 Å². The van der Waals surface area contributed by atoms with Crippen LogP contribution < -0.4 is 15.2 Å². The molecule has 0 aliphatic heterocycles. The summed E-state index contributed by atoms with van der Waals surface area (Å²) in [6, 6.07) is 16.2. The van der Waals surface area contributed by atoms with Gasteiger partial charge in [-0.25, -0.2) is 0 Å². The summed E-state index contributed by atoms with van der Waals surface area (Å²) >= 11 is 0. The Labute approximate surface area is 132 Å². The third kappa shape index (κ3) is 3.09. The predicted molar refractivity (Wildman–Crippen MR) is 88.1 cm³/mol. The molecule has 0 unspecified atom stereocenters. The number of methoxy groups -OCH3 is 1. The Kier molecular flexibility index (Phi) is 4.34. The van der Waals surface area contributed by atoms with E-state index in [1.165, 1.54) is 12.8 Å². The van der Waals surface area contributed by atoms with Crippen LogP contribution in [0.1, 0.15) is 36.8 Å². The Morgan fingerprint density at radius 3 is 2.41 bits per heavy atom. The molecule has 3 heteroatoms. The summed E-state index contributed by atoms with van der Waals surface area (Å²) in [4.78, 5) is 0. The van der Waals surface area contributed by atoms with Gasteiger partial charge < -0.3 is 15.2 Å². The minimum atomic E-state index is -0.211. The highest BCUT2D eigenvalue weighted by Crippen LogP contribution is 2.40. The molecule has 0 radical (unpaired) electrons. The fourth-order valence-corrected chi connectivity index (χ4v) is 3.13. The average molecular weight is 297 g/mol. The molecule has 0 heterocycles. The molecule has 0 atom stereocenters. The van der Waals surface area contributed by atoms with Crippen LogP contribution in [-0.4, -0.2) is 7.11 Å². The topological polar surface area (TPSA) is 44.5 Å². The molecule has 0 saturated heterocycles. The lowest BCUT2D eigenvalue weighted by Crippen LogP contribution is -2.33. The molecule has 1 aliphatic rings. The van der Waals surface area contributed by atoms with Gasteiger partial charge in [-0.3, -0.25) is 0 Å². The van der Waals surface area contributed by atoms with Gasteiger partial charge in [0.15, 0.2) is 11.5 Å². The van der Waals surface area contributed by atoms with Crippen LogP contribution in [0.5, 0.6) is 11.5 Å². The molecule has 0 amide bonds. The van der Waals surface area contributed by atoms with Gasteiger partial charge in [0.1, 0.15) is 6.61 Å². The SMILES string of the molecule is COc1ccc(C2(N)CCCC2)cc1OCc1ccccc1. The van der Waals surface area contributed by atoms with Crippen molar-refractivity contribution in [3.63, 3.8) is 0 Å². The second-order valence-corrected chi connectivity index (χ2v) is 6.00. The minimum Gasteiger partial charge on any atom is -0.493 e. The molecule has 0 spiro atoms. The molecule has 2 N–H and O–H groups in total. The van der Waals surface area contributed by atoms with E-state index in [9.17, 15) is 0 Å². The van der Waals surface area contributed by atoms with Crippen molar-refractivity contribution < 1.29 is 9.47 Å². The van der Waals surface area contributed by atoms with Crippen LogP contribution in [0.15, 0.2) is 48.5 Å². The second kappa shape index (κ2) is 6.41. The van der Waals surface area contributed by atoms with E-state index in [0.29, 0.717) is 6.61 Å². The summed E-state index contributed by atoms with van der Waals surface area (Å²) in [6.45, 7) is 0.526. The summed E-state index contributed by atoms with van der Waals surface area (Å²) in [6.07, 6.45) is 4.47. The normalized spacial score (nSPS) is 16.5. The average Bonchev–Trinajstić information content (AvgIpc) is 3.01. The van der Waals surface area contributed by atoms with Crippen molar-refractivity contribution in [3.8, 4) is 11.5 Å². The van der Waals surface area contributed by atoms with Gasteiger partial charge in [-0.05, 0) is 36.1 Å². The first-order chi connectivity index (χ1) is 10.7. The van der Waals surface area contributed by atoms with E-state index >= 15 is 0 Å². The van der Waals surface area contributed by atoms with Crippen LogP contribution in [0.2, 0.25) is 0 Å². The maximum Gasteiger partial charge on any atom is 0.162 e. The van der Waals surface area contributed by atoms with Gasteiger partial charge in [-0.1, -0.05) is 49.2 Å². The van der Waals surface area contributed by atoms with E-state index in [-0.39, 0.29) is 5.54 Å². The molecule has 116 valence electrons. The van der Waals surface area contributed by atoms with Gasteiger partial charge in [0.25, 0.3) is 0 Å². The van der Waals surface area contributed by atoms with Crippen LogP contribution in [0.4, 0.5) is 0 Å². The van der Waals surface area contributed by atoms with Crippen molar-refractivity contribution in [2.24, 2.45) is 5.73 Å². The summed E-state index contributed by atoms with van der Waals surface area (Å²) < 4.78 is 11.4. The fraction of sp³-hybridized carbons (Fsp3) is 0.368. The molecular weight excluding hydrogens is 274 g/mol. The number of hydrogen-bond donors (Lipinski definition) is 1. The van der Waals surface area contributed by atoms with Crippen LogP contribution in [0, 0.1) is 0 Å². The van der Waals surface area contributed by atoms with Crippen molar-refractivity contribution >= 4 is 0 Å². The first-order valence-electron chi connectivity index (χ1n) is 7.85. The first kappa shape index (κ1) is 14.9. The molecular formula is C19H23NO2. The van der Waals surface area contributed by atoms with E-state index in [1.54, 1.807) is 7.11 Å². The van der Waals surface area contributed by atoms with Crippen molar-refractivity contribution in [2.45, 2.75) is 37.8 Å². The highest BCUT2D eigenvalue weighted by molar-refractivity contribution is 5.45. The lowest BCUT2D eigenvalue weighted by Gasteiger charge is -2.25.